The molecule has 2 heterocycles. The third kappa shape index (κ3) is 2.69. The molecule has 21 heavy (non-hydrogen) atoms. The maximum Gasteiger partial charge on any atom is 0.259 e. The van der Waals surface area contributed by atoms with Crippen LogP contribution in [0, 0.1) is 13.8 Å². The normalized spacial score (nSPS) is 10.8. The minimum Gasteiger partial charge on any atom is -0.322 e. The number of carbonyl (C=O) groups is 1. The molecule has 0 radical (unpaired) electrons. The number of nitrogens with one attached hydrogen (secondary N) is 1. The number of fused-ring (bicyclic) bond motifs is 1. The molecular weight excluding hydrogens is 330 g/mol. The molecule has 0 saturated carbocycles. The maximum absolute atomic E-state index is 12.5. The maximum atomic E-state index is 12.5. The largest absolute Gasteiger partial charge is 0.322 e. The van der Waals surface area contributed by atoms with Gasteiger partial charge < -0.3 is 9.72 Å². The molecule has 4 nitrogen and oxygen atoms in total. The summed E-state index contributed by atoms with van der Waals surface area (Å²) in [6.45, 7) is 3.87. The van der Waals surface area contributed by atoms with Gasteiger partial charge in [-0.05, 0) is 49.7 Å². The molecule has 0 fully saturated rings. The van der Waals surface area contributed by atoms with Crippen molar-refractivity contribution in [2.24, 2.45) is 0 Å². The van der Waals surface area contributed by atoms with Crippen molar-refractivity contribution in [3.8, 4) is 0 Å². The standard InChI is InChI=1S/C16H14BrN3O/c1-10-8-12(17)5-6-14(10)19-16(21)13-4-3-7-20-9-11(2)18-15(13)20/h3-9H,1-2H3,(H,19,21). The number of carbonyl (C=O) groups excluding carboxylic acids is 1. The second-order valence-corrected chi connectivity index (χ2v) is 5.86. The number of hydrogen-bond donors (Lipinski definition) is 1. The minimum atomic E-state index is -0.156. The highest BCUT2D eigenvalue weighted by Crippen LogP contribution is 2.21. The zero-order valence-electron chi connectivity index (χ0n) is 11.7. The molecule has 0 saturated heterocycles. The lowest BCUT2D eigenvalue weighted by Crippen LogP contribution is -2.14. The highest BCUT2D eigenvalue weighted by Gasteiger charge is 2.13. The number of benzene rings is 1. The molecular formula is C16H14BrN3O. The van der Waals surface area contributed by atoms with Crippen molar-refractivity contribution in [3.05, 3.63) is 64.0 Å². The summed E-state index contributed by atoms with van der Waals surface area (Å²) >= 11 is 3.42. The average molecular weight is 344 g/mol. The van der Waals surface area contributed by atoms with Crippen LogP contribution in [0.25, 0.3) is 5.65 Å². The Hall–Kier alpha value is -2.14. The molecule has 3 aromatic rings. The van der Waals surface area contributed by atoms with Crippen LogP contribution in [0.3, 0.4) is 0 Å². The van der Waals surface area contributed by atoms with E-state index in [1.165, 1.54) is 0 Å². The summed E-state index contributed by atoms with van der Waals surface area (Å²) in [5.74, 6) is -0.156. The molecule has 0 unspecified atom stereocenters. The fourth-order valence-corrected chi connectivity index (χ4v) is 2.75. The van der Waals surface area contributed by atoms with Crippen molar-refractivity contribution >= 4 is 33.2 Å². The second-order valence-electron chi connectivity index (χ2n) is 4.95. The number of aromatic nitrogens is 2. The number of nitrogens with zero attached hydrogens (tertiary/aromatic N) is 2. The summed E-state index contributed by atoms with van der Waals surface area (Å²) in [5, 5.41) is 2.94. The van der Waals surface area contributed by atoms with Gasteiger partial charge in [-0.1, -0.05) is 15.9 Å². The molecule has 2 aromatic heterocycles. The van der Waals surface area contributed by atoms with E-state index in [0.717, 1.165) is 21.4 Å². The van der Waals surface area contributed by atoms with Gasteiger partial charge in [-0.25, -0.2) is 4.98 Å². The number of pyridine rings is 1. The van der Waals surface area contributed by atoms with Crippen LogP contribution in [0.1, 0.15) is 21.6 Å². The van der Waals surface area contributed by atoms with Crippen molar-refractivity contribution in [1.82, 2.24) is 9.38 Å². The van der Waals surface area contributed by atoms with Crippen LogP contribution in [-0.4, -0.2) is 15.3 Å². The summed E-state index contributed by atoms with van der Waals surface area (Å²) in [6.07, 6.45) is 3.79. The van der Waals surface area contributed by atoms with Crippen LogP contribution in [-0.2, 0) is 0 Å². The van der Waals surface area contributed by atoms with Crippen molar-refractivity contribution in [3.63, 3.8) is 0 Å². The molecule has 1 aromatic carbocycles. The Labute approximate surface area is 131 Å². The van der Waals surface area contributed by atoms with E-state index in [1.54, 1.807) is 6.07 Å². The average Bonchev–Trinajstić information content (AvgIpc) is 2.81. The molecule has 0 spiro atoms. The van der Waals surface area contributed by atoms with Crippen molar-refractivity contribution in [2.45, 2.75) is 13.8 Å². The third-order valence-electron chi connectivity index (χ3n) is 3.28. The zero-order valence-corrected chi connectivity index (χ0v) is 13.3. The Kier molecular flexibility index (Phi) is 3.51. The molecule has 0 aliphatic rings. The third-order valence-corrected chi connectivity index (χ3v) is 3.78. The zero-order chi connectivity index (χ0) is 15.0. The van der Waals surface area contributed by atoms with Crippen LogP contribution < -0.4 is 5.32 Å². The molecule has 0 bridgehead atoms. The van der Waals surface area contributed by atoms with E-state index in [4.69, 9.17) is 0 Å². The Morgan fingerprint density at radius 3 is 2.86 bits per heavy atom. The summed E-state index contributed by atoms with van der Waals surface area (Å²) in [6, 6.07) is 9.38. The molecule has 106 valence electrons. The van der Waals surface area contributed by atoms with Gasteiger partial charge in [0.2, 0.25) is 0 Å². The quantitative estimate of drug-likeness (QED) is 0.765. The Bertz CT molecular complexity index is 839. The molecule has 0 aliphatic carbocycles. The van der Waals surface area contributed by atoms with Gasteiger partial charge in [0.25, 0.3) is 5.91 Å². The molecule has 5 heteroatoms. The van der Waals surface area contributed by atoms with Crippen molar-refractivity contribution < 1.29 is 4.79 Å². The molecule has 1 N–H and O–H groups in total. The van der Waals surface area contributed by atoms with Gasteiger partial charge in [0.05, 0.1) is 11.3 Å². The van der Waals surface area contributed by atoms with Crippen LogP contribution in [0.4, 0.5) is 5.69 Å². The van der Waals surface area contributed by atoms with Crippen LogP contribution >= 0.6 is 15.9 Å². The van der Waals surface area contributed by atoms with Gasteiger partial charge in [0, 0.05) is 22.6 Å². The van der Waals surface area contributed by atoms with E-state index >= 15 is 0 Å². The van der Waals surface area contributed by atoms with Gasteiger partial charge in [-0.3, -0.25) is 4.79 Å². The predicted octanol–water partition coefficient (Wildman–Crippen LogP) is 3.97. The smallest absolute Gasteiger partial charge is 0.259 e. The number of rotatable bonds is 2. The SMILES string of the molecule is Cc1cn2cccc(C(=O)Nc3ccc(Br)cc3C)c2n1. The topological polar surface area (TPSA) is 46.4 Å². The highest BCUT2D eigenvalue weighted by molar-refractivity contribution is 9.10. The number of halogens is 1. The van der Waals surface area contributed by atoms with Gasteiger partial charge in [-0.2, -0.15) is 0 Å². The minimum absolute atomic E-state index is 0.156. The summed E-state index contributed by atoms with van der Waals surface area (Å²) < 4.78 is 2.85. The second kappa shape index (κ2) is 5.33. The predicted molar refractivity (Wildman–Crippen MR) is 86.8 cm³/mol. The van der Waals surface area contributed by atoms with Crippen LogP contribution in [0.15, 0.2) is 47.2 Å². The lowest BCUT2D eigenvalue weighted by molar-refractivity contribution is 0.102. The molecule has 1 amide bonds. The lowest BCUT2D eigenvalue weighted by Gasteiger charge is -2.09. The van der Waals surface area contributed by atoms with E-state index in [0.29, 0.717) is 11.2 Å². The van der Waals surface area contributed by atoms with Crippen LogP contribution in [0.5, 0.6) is 0 Å². The monoisotopic (exact) mass is 343 g/mol. The number of anilines is 1. The summed E-state index contributed by atoms with van der Waals surface area (Å²) in [7, 11) is 0. The fourth-order valence-electron chi connectivity index (χ4n) is 2.27. The van der Waals surface area contributed by atoms with E-state index in [9.17, 15) is 4.79 Å². The number of hydrogen-bond acceptors (Lipinski definition) is 2. The molecule has 0 aliphatic heterocycles. The molecule has 0 atom stereocenters. The summed E-state index contributed by atoms with van der Waals surface area (Å²) in [5.41, 5.74) is 3.92. The lowest BCUT2D eigenvalue weighted by atomic mass is 10.2. The van der Waals surface area contributed by atoms with Gasteiger partial charge in [0.15, 0.2) is 0 Å². The van der Waals surface area contributed by atoms with Gasteiger partial charge in [0.1, 0.15) is 5.65 Å². The number of amides is 1. The van der Waals surface area contributed by atoms with E-state index in [2.05, 4.69) is 26.2 Å². The van der Waals surface area contributed by atoms with E-state index in [1.807, 2.05) is 54.9 Å². The van der Waals surface area contributed by atoms with Crippen LogP contribution in [0.2, 0.25) is 0 Å². The fraction of sp³-hybridized carbons (Fsp3) is 0.125. The van der Waals surface area contributed by atoms with Crippen molar-refractivity contribution in [1.29, 1.82) is 0 Å². The summed E-state index contributed by atoms with van der Waals surface area (Å²) in [4.78, 5) is 16.9. The van der Waals surface area contributed by atoms with Crippen molar-refractivity contribution in [2.75, 3.05) is 5.32 Å². The number of imidazole rings is 1. The first-order chi connectivity index (χ1) is 10.0. The van der Waals surface area contributed by atoms with E-state index < -0.39 is 0 Å². The van der Waals surface area contributed by atoms with Gasteiger partial charge >= 0.3 is 0 Å². The molecule has 3 rings (SSSR count). The Morgan fingerprint density at radius 1 is 1.29 bits per heavy atom. The number of aryl methyl sites for hydroxylation is 2. The van der Waals surface area contributed by atoms with Gasteiger partial charge in [-0.15, -0.1) is 0 Å². The first-order valence-corrected chi connectivity index (χ1v) is 7.36. The Balaban J connectivity index is 1.97. The van der Waals surface area contributed by atoms with E-state index in [-0.39, 0.29) is 5.91 Å². The first-order valence-electron chi connectivity index (χ1n) is 6.56. The first kappa shape index (κ1) is 13.8. The highest BCUT2D eigenvalue weighted by atomic mass is 79.9. The Morgan fingerprint density at radius 2 is 2.10 bits per heavy atom.